The predicted octanol–water partition coefficient (Wildman–Crippen LogP) is 3.14. The summed E-state index contributed by atoms with van der Waals surface area (Å²) < 4.78 is 40.1. The smallest absolute Gasteiger partial charge is 0.224 e. The first-order chi connectivity index (χ1) is 12.4. The molecule has 0 aliphatic heterocycles. The average molecular weight is 363 g/mol. The molecule has 0 bridgehead atoms. The third kappa shape index (κ3) is 4.25. The first kappa shape index (κ1) is 18.5. The summed E-state index contributed by atoms with van der Waals surface area (Å²) >= 11 is 0. The Labute approximate surface area is 149 Å². The molecule has 2 aromatic rings. The van der Waals surface area contributed by atoms with E-state index in [1.54, 1.807) is 0 Å². The van der Waals surface area contributed by atoms with Crippen LogP contribution in [0.1, 0.15) is 24.0 Å². The van der Waals surface area contributed by atoms with Gasteiger partial charge >= 0.3 is 0 Å². The first-order valence-electron chi connectivity index (χ1n) is 8.57. The van der Waals surface area contributed by atoms with Crippen molar-refractivity contribution in [2.24, 2.45) is 5.92 Å². The quantitative estimate of drug-likeness (QED) is 0.775. The monoisotopic (exact) mass is 363 g/mol. The highest BCUT2D eigenvalue weighted by Crippen LogP contribution is 2.31. The number of amides is 1. The standard InChI is InChI=1S/C20H20F3NO2/c21-16-7-6-13(19(22)20(16)23)11-18(26)24-17(14-9-15(25)10-14)8-12-4-2-1-3-5-12/h1-7,14-15,17,25H,8-11H2,(H,24,26). The van der Waals surface area contributed by atoms with Gasteiger partial charge in [0.15, 0.2) is 17.5 Å². The van der Waals surface area contributed by atoms with Crippen molar-refractivity contribution in [1.29, 1.82) is 0 Å². The summed E-state index contributed by atoms with van der Waals surface area (Å²) in [5, 5.41) is 12.4. The number of hydrogen-bond acceptors (Lipinski definition) is 2. The van der Waals surface area contributed by atoms with Gasteiger partial charge in [0, 0.05) is 11.6 Å². The van der Waals surface area contributed by atoms with Gasteiger partial charge in [-0.15, -0.1) is 0 Å². The third-order valence-electron chi connectivity index (χ3n) is 4.83. The number of aliphatic hydroxyl groups is 1. The molecule has 0 heterocycles. The van der Waals surface area contributed by atoms with Gasteiger partial charge in [0.25, 0.3) is 0 Å². The van der Waals surface area contributed by atoms with Gasteiger partial charge in [-0.25, -0.2) is 13.2 Å². The topological polar surface area (TPSA) is 49.3 Å². The fourth-order valence-electron chi connectivity index (χ4n) is 3.30. The fraction of sp³-hybridized carbons (Fsp3) is 0.350. The zero-order valence-electron chi connectivity index (χ0n) is 14.1. The van der Waals surface area contributed by atoms with Crippen molar-refractivity contribution in [3.05, 3.63) is 71.0 Å². The lowest BCUT2D eigenvalue weighted by Gasteiger charge is -2.38. The van der Waals surface area contributed by atoms with Crippen LogP contribution >= 0.6 is 0 Å². The summed E-state index contributed by atoms with van der Waals surface area (Å²) in [4.78, 5) is 12.3. The molecule has 1 aliphatic carbocycles. The second-order valence-corrected chi connectivity index (χ2v) is 6.76. The van der Waals surface area contributed by atoms with Gasteiger partial charge in [0.2, 0.25) is 5.91 Å². The van der Waals surface area contributed by atoms with Crippen LogP contribution in [0.25, 0.3) is 0 Å². The number of carbonyl (C=O) groups is 1. The molecule has 3 rings (SSSR count). The highest BCUT2D eigenvalue weighted by molar-refractivity contribution is 5.79. The van der Waals surface area contributed by atoms with E-state index in [2.05, 4.69) is 5.32 Å². The van der Waals surface area contributed by atoms with E-state index in [0.29, 0.717) is 19.3 Å². The summed E-state index contributed by atoms with van der Waals surface area (Å²) in [7, 11) is 0. The van der Waals surface area contributed by atoms with E-state index in [1.165, 1.54) is 0 Å². The Morgan fingerprint density at radius 1 is 1.08 bits per heavy atom. The third-order valence-corrected chi connectivity index (χ3v) is 4.83. The Hall–Kier alpha value is -2.34. The zero-order chi connectivity index (χ0) is 18.7. The minimum Gasteiger partial charge on any atom is -0.393 e. The number of benzene rings is 2. The molecule has 1 aliphatic rings. The van der Waals surface area contributed by atoms with Crippen LogP contribution in [0, 0.1) is 23.4 Å². The molecule has 1 amide bonds. The van der Waals surface area contributed by atoms with Gasteiger partial charge in [-0.1, -0.05) is 36.4 Å². The Morgan fingerprint density at radius 2 is 1.77 bits per heavy atom. The number of rotatable bonds is 6. The number of hydrogen-bond donors (Lipinski definition) is 2. The van der Waals surface area contributed by atoms with Crippen LogP contribution in [0.15, 0.2) is 42.5 Å². The maximum absolute atomic E-state index is 13.8. The van der Waals surface area contributed by atoms with Gasteiger partial charge < -0.3 is 10.4 Å². The molecule has 0 saturated heterocycles. The first-order valence-corrected chi connectivity index (χ1v) is 8.57. The van der Waals surface area contributed by atoms with E-state index in [4.69, 9.17) is 0 Å². The van der Waals surface area contributed by atoms with Crippen molar-refractivity contribution in [1.82, 2.24) is 5.32 Å². The molecular formula is C20H20F3NO2. The molecule has 6 heteroatoms. The highest BCUT2D eigenvalue weighted by atomic mass is 19.2. The highest BCUT2D eigenvalue weighted by Gasteiger charge is 2.34. The lowest BCUT2D eigenvalue weighted by Crippen LogP contribution is -2.48. The SMILES string of the molecule is O=C(Cc1ccc(F)c(F)c1F)NC(Cc1ccccc1)C1CC(O)C1. The Morgan fingerprint density at radius 3 is 2.42 bits per heavy atom. The molecule has 0 spiro atoms. The minimum absolute atomic E-state index is 0.129. The van der Waals surface area contributed by atoms with E-state index in [0.717, 1.165) is 17.7 Å². The summed E-state index contributed by atoms with van der Waals surface area (Å²) in [6.45, 7) is 0. The van der Waals surface area contributed by atoms with Crippen LogP contribution < -0.4 is 5.32 Å². The average Bonchev–Trinajstić information content (AvgIpc) is 2.60. The van der Waals surface area contributed by atoms with E-state index in [1.807, 2.05) is 30.3 Å². The van der Waals surface area contributed by atoms with E-state index in [-0.39, 0.29) is 30.0 Å². The van der Waals surface area contributed by atoms with Gasteiger partial charge in [0.1, 0.15) is 0 Å². The second-order valence-electron chi connectivity index (χ2n) is 6.76. The van der Waals surface area contributed by atoms with Crippen molar-refractivity contribution in [3.8, 4) is 0 Å². The molecule has 2 aromatic carbocycles. The van der Waals surface area contributed by atoms with Crippen LogP contribution in [-0.2, 0) is 17.6 Å². The van der Waals surface area contributed by atoms with E-state index < -0.39 is 23.4 Å². The van der Waals surface area contributed by atoms with Crippen LogP contribution in [0.3, 0.4) is 0 Å². The maximum atomic E-state index is 13.8. The lowest BCUT2D eigenvalue weighted by atomic mass is 9.75. The number of aliphatic hydroxyl groups excluding tert-OH is 1. The summed E-state index contributed by atoms with van der Waals surface area (Å²) in [5.74, 6) is -4.52. The van der Waals surface area contributed by atoms with Crippen molar-refractivity contribution in [3.63, 3.8) is 0 Å². The summed E-state index contributed by atoms with van der Waals surface area (Å²) in [6, 6.07) is 11.3. The van der Waals surface area contributed by atoms with Crippen LogP contribution in [0.4, 0.5) is 13.2 Å². The largest absolute Gasteiger partial charge is 0.393 e. The lowest BCUT2D eigenvalue weighted by molar-refractivity contribution is -0.122. The van der Waals surface area contributed by atoms with Crippen molar-refractivity contribution >= 4 is 5.91 Å². The van der Waals surface area contributed by atoms with Crippen molar-refractivity contribution < 1.29 is 23.1 Å². The van der Waals surface area contributed by atoms with Gasteiger partial charge in [-0.05, 0) is 36.8 Å². The van der Waals surface area contributed by atoms with Crippen LogP contribution in [0.2, 0.25) is 0 Å². The minimum atomic E-state index is -1.57. The van der Waals surface area contributed by atoms with Gasteiger partial charge in [-0.2, -0.15) is 0 Å². The molecular weight excluding hydrogens is 343 g/mol. The molecule has 1 fully saturated rings. The Balaban J connectivity index is 1.68. The number of nitrogens with one attached hydrogen (secondary N) is 1. The Bertz CT molecular complexity index is 776. The van der Waals surface area contributed by atoms with E-state index in [9.17, 15) is 23.1 Å². The number of halogens is 3. The normalized spacial score (nSPS) is 20.3. The molecule has 2 N–H and O–H groups in total. The van der Waals surface area contributed by atoms with Crippen molar-refractivity contribution in [2.75, 3.05) is 0 Å². The van der Waals surface area contributed by atoms with Gasteiger partial charge in [-0.3, -0.25) is 4.79 Å². The Kier molecular flexibility index (Phi) is 5.61. The van der Waals surface area contributed by atoms with E-state index >= 15 is 0 Å². The second kappa shape index (κ2) is 7.91. The fourth-order valence-corrected chi connectivity index (χ4v) is 3.30. The molecule has 1 unspecified atom stereocenters. The number of carbonyl (C=O) groups excluding carboxylic acids is 1. The molecule has 1 atom stereocenters. The molecule has 3 nitrogen and oxygen atoms in total. The molecule has 0 radical (unpaired) electrons. The van der Waals surface area contributed by atoms with Crippen molar-refractivity contribution in [2.45, 2.75) is 37.8 Å². The molecule has 0 aromatic heterocycles. The summed E-state index contributed by atoms with van der Waals surface area (Å²) in [6.07, 6.45) is 1.04. The summed E-state index contributed by atoms with van der Waals surface area (Å²) in [5.41, 5.74) is 0.853. The predicted molar refractivity (Wildman–Crippen MR) is 90.8 cm³/mol. The van der Waals surface area contributed by atoms with Crippen LogP contribution in [-0.4, -0.2) is 23.2 Å². The zero-order valence-corrected chi connectivity index (χ0v) is 14.1. The van der Waals surface area contributed by atoms with Gasteiger partial charge in [0.05, 0.1) is 12.5 Å². The molecule has 1 saturated carbocycles. The maximum Gasteiger partial charge on any atom is 0.224 e. The van der Waals surface area contributed by atoms with Crippen LogP contribution in [0.5, 0.6) is 0 Å². The molecule has 138 valence electrons. The molecule has 26 heavy (non-hydrogen) atoms.